The molecule has 0 aliphatic carbocycles. The van der Waals surface area contributed by atoms with Crippen molar-refractivity contribution in [3.05, 3.63) is 20.1 Å². The van der Waals surface area contributed by atoms with Crippen LogP contribution in [0.3, 0.4) is 0 Å². The summed E-state index contributed by atoms with van der Waals surface area (Å²) in [5, 5.41) is 0. The lowest BCUT2D eigenvalue weighted by Gasteiger charge is -1.31. The van der Waals surface area contributed by atoms with Crippen molar-refractivity contribution in [2.24, 2.45) is 0 Å². The highest BCUT2D eigenvalue weighted by molar-refractivity contribution is 4.51. The van der Waals surface area contributed by atoms with Gasteiger partial charge in [0.05, 0.1) is 0 Å². The van der Waals surface area contributed by atoms with E-state index in [9.17, 15) is 0 Å². The van der Waals surface area contributed by atoms with Gasteiger partial charge in [0.1, 0.15) is 0 Å². The standard InChI is InChI=1S/C3H6.CH/c1-3-2;/h3H,1H2,2H3;1H. The van der Waals surface area contributed by atoms with Crippen molar-refractivity contribution in [1.82, 2.24) is 0 Å². The Balaban J connectivity index is 0. The molecule has 0 bridgehead atoms. The minimum absolute atomic E-state index is 0. The summed E-state index contributed by atoms with van der Waals surface area (Å²) in [5.74, 6) is 0. The first-order chi connectivity index (χ1) is 1.41. The van der Waals surface area contributed by atoms with Gasteiger partial charge >= 0.3 is 0 Å². The number of hydrogen-bond donors (Lipinski definition) is 0. The van der Waals surface area contributed by atoms with Crippen molar-refractivity contribution >= 4 is 0 Å². The SMILES string of the molecule is C=CC.[CH]. The molecule has 0 spiro atoms. The summed E-state index contributed by atoms with van der Waals surface area (Å²) in [6.45, 7) is 5.25. The van der Waals surface area contributed by atoms with Crippen molar-refractivity contribution in [2.75, 3.05) is 0 Å². The Morgan fingerprint density at radius 1 is 1.75 bits per heavy atom. The van der Waals surface area contributed by atoms with E-state index in [-0.39, 0.29) is 7.43 Å². The molecule has 0 unspecified atom stereocenters. The molecule has 0 atom stereocenters. The Bertz CT molecular complexity index is 7.51. The van der Waals surface area contributed by atoms with Gasteiger partial charge in [-0.25, -0.2) is 0 Å². The van der Waals surface area contributed by atoms with Crippen molar-refractivity contribution in [3.63, 3.8) is 0 Å². The molecular formula is C4H7. The molecule has 0 saturated carbocycles. The van der Waals surface area contributed by atoms with Crippen LogP contribution in [0.1, 0.15) is 6.92 Å². The second-order valence-electron chi connectivity index (χ2n) is 0.408. The van der Waals surface area contributed by atoms with Crippen LogP contribution >= 0.6 is 0 Å². The smallest absolute Gasteiger partial charge is 0.0312 e. The van der Waals surface area contributed by atoms with Crippen LogP contribution < -0.4 is 0 Å². The van der Waals surface area contributed by atoms with E-state index < -0.39 is 0 Å². The molecule has 0 nitrogen and oxygen atoms in total. The van der Waals surface area contributed by atoms with Crippen LogP contribution in [-0.4, -0.2) is 0 Å². The lowest BCUT2D eigenvalue weighted by molar-refractivity contribution is 1.80. The maximum Gasteiger partial charge on any atom is -0.0312 e. The van der Waals surface area contributed by atoms with Crippen molar-refractivity contribution in [2.45, 2.75) is 6.92 Å². The number of rotatable bonds is 0. The molecule has 0 aromatic rings. The van der Waals surface area contributed by atoms with E-state index in [1.807, 2.05) is 6.92 Å². The third-order valence-corrected chi connectivity index (χ3v) is 0. The van der Waals surface area contributed by atoms with Crippen molar-refractivity contribution < 1.29 is 0 Å². The minimum atomic E-state index is 0. The van der Waals surface area contributed by atoms with E-state index in [0.29, 0.717) is 0 Å². The van der Waals surface area contributed by atoms with Crippen LogP contribution in [0.15, 0.2) is 12.7 Å². The van der Waals surface area contributed by atoms with Crippen molar-refractivity contribution in [3.8, 4) is 0 Å². The molecular weight excluding hydrogens is 48.0 g/mol. The van der Waals surface area contributed by atoms with Gasteiger partial charge in [0.15, 0.2) is 0 Å². The van der Waals surface area contributed by atoms with E-state index in [1.54, 1.807) is 6.08 Å². The highest BCUT2D eigenvalue weighted by Crippen LogP contribution is 1.38. The van der Waals surface area contributed by atoms with E-state index in [1.165, 1.54) is 0 Å². The minimum Gasteiger partial charge on any atom is -0.103 e. The molecule has 0 aliphatic rings. The Labute approximate surface area is 28.2 Å². The zero-order valence-corrected chi connectivity index (χ0v) is 2.86. The van der Waals surface area contributed by atoms with Gasteiger partial charge in [0.2, 0.25) is 0 Å². The normalized spacial score (nSPS) is 3.25. The second kappa shape index (κ2) is 15.1. The zero-order valence-electron chi connectivity index (χ0n) is 2.86. The van der Waals surface area contributed by atoms with E-state index >= 15 is 0 Å². The van der Waals surface area contributed by atoms with Gasteiger partial charge < -0.3 is 0 Å². The zero-order chi connectivity index (χ0) is 2.71. The summed E-state index contributed by atoms with van der Waals surface area (Å²) in [6.07, 6.45) is 1.75. The van der Waals surface area contributed by atoms with Gasteiger partial charge in [-0.3, -0.25) is 0 Å². The van der Waals surface area contributed by atoms with Crippen LogP contribution in [0.5, 0.6) is 0 Å². The molecule has 3 radical (unpaired) electrons. The second-order valence-corrected chi connectivity index (χ2v) is 0.408. The van der Waals surface area contributed by atoms with Gasteiger partial charge in [-0.2, -0.15) is 0 Å². The van der Waals surface area contributed by atoms with E-state index in [4.69, 9.17) is 0 Å². The number of hydrogen-bond acceptors (Lipinski definition) is 0. The maximum atomic E-state index is 3.36. The van der Waals surface area contributed by atoms with Gasteiger partial charge in [0.25, 0.3) is 0 Å². The molecule has 4 heavy (non-hydrogen) atoms. The summed E-state index contributed by atoms with van der Waals surface area (Å²) in [4.78, 5) is 0. The summed E-state index contributed by atoms with van der Waals surface area (Å²) in [6, 6.07) is 0. The maximum absolute atomic E-state index is 3.36. The van der Waals surface area contributed by atoms with Gasteiger partial charge in [-0.05, 0) is 14.4 Å². The summed E-state index contributed by atoms with van der Waals surface area (Å²) < 4.78 is 0. The van der Waals surface area contributed by atoms with Crippen LogP contribution in [0.25, 0.3) is 0 Å². The molecule has 0 aromatic carbocycles. The lowest BCUT2D eigenvalue weighted by atomic mass is 10.8. The molecule has 0 rings (SSSR count). The van der Waals surface area contributed by atoms with Crippen molar-refractivity contribution in [1.29, 1.82) is 0 Å². The predicted molar refractivity (Wildman–Crippen MR) is 20.2 cm³/mol. The lowest BCUT2D eigenvalue weighted by Crippen LogP contribution is -1.07. The Hall–Kier alpha value is -0.260. The van der Waals surface area contributed by atoms with Crippen LogP contribution in [0, 0.1) is 7.43 Å². The van der Waals surface area contributed by atoms with Crippen LogP contribution in [-0.2, 0) is 0 Å². The fourth-order valence-electron chi connectivity index (χ4n) is 0. The van der Waals surface area contributed by atoms with Crippen LogP contribution in [0.4, 0.5) is 0 Å². The first-order valence-electron chi connectivity index (χ1n) is 0.986. The highest BCUT2D eigenvalue weighted by Gasteiger charge is 1.15. The molecule has 0 heteroatoms. The Morgan fingerprint density at radius 2 is 1.75 bits per heavy atom. The predicted octanol–water partition coefficient (Wildman–Crippen LogP) is 1.40. The first kappa shape index (κ1) is 9.27. The van der Waals surface area contributed by atoms with E-state index in [2.05, 4.69) is 6.58 Å². The fraction of sp³-hybridized carbons (Fsp3) is 0.250. The fourth-order valence-corrected chi connectivity index (χ4v) is 0. The quantitative estimate of drug-likeness (QED) is 0.367. The van der Waals surface area contributed by atoms with Crippen LogP contribution in [0.2, 0.25) is 0 Å². The Morgan fingerprint density at radius 3 is 1.75 bits per heavy atom. The summed E-state index contributed by atoms with van der Waals surface area (Å²) >= 11 is 0. The van der Waals surface area contributed by atoms with E-state index in [0.717, 1.165) is 0 Å². The third-order valence-electron chi connectivity index (χ3n) is 0. The third kappa shape index (κ3) is 14.1. The highest BCUT2D eigenvalue weighted by atomic mass is 13.2. The van der Waals surface area contributed by atoms with Gasteiger partial charge in [0, 0.05) is 0 Å². The molecule has 0 N–H and O–H groups in total. The molecule has 0 heterocycles. The van der Waals surface area contributed by atoms with Gasteiger partial charge in [-0.1, -0.05) is 6.08 Å². The molecule has 0 saturated heterocycles. The first-order valence-corrected chi connectivity index (χ1v) is 0.986. The largest absolute Gasteiger partial charge is 0.103 e. The average Bonchev–Trinajstić information content (AvgIpc) is 0.918. The molecule has 23 valence electrons. The topological polar surface area (TPSA) is 0 Å². The molecule has 0 aromatic heterocycles. The Kier molecular flexibility index (Phi) is 35.1. The molecule has 0 fully saturated rings. The van der Waals surface area contributed by atoms with Gasteiger partial charge in [-0.15, -0.1) is 6.58 Å². The monoisotopic (exact) mass is 55.1 g/mol. The summed E-state index contributed by atoms with van der Waals surface area (Å²) in [7, 11) is 0. The number of allylic oxidation sites excluding steroid dienone is 1. The molecule has 0 amide bonds. The average molecular weight is 55.1 g/mol. The molecule has 0 aliphatic heterocycles. The summed E-state index contributed by atoms with van der Waals surface area (Å²) in [5.41, 5.74) is 0.